The van der Waals surface area contributed by atoms with Gasteiger partial charge in [0.2, 0.25) is 0 Å². The van der Waals surface area contributed by atoms with Gasteiger partial charge in [-0.25, -0.2) is 4.39 Å². The van der Waals surface area contributed by atoms with Crippen molar-refractivity contribution in [2.75, 3.05) is 0 Å². The van der Waals surface area contributed by atoms with Gasteiger partial charge >= 0.3 is 0 Å². The molecule has 0 atom stereocenters. The summed E-state index contributed by atoms with van der Waals surface area (Å²) in [4.78, 5) is 0. The van der Waals surface area contributed by atoms with Crippen LogP contribution in [0.4, 0.5) is 4.39 Å². The van der Waals surface area contributed by atoms with Crippen molar-refractivity contribution >= 4 is 0 Å². The molecule has 3 aromatic carbocycles. The molecule has 112 valence electrons. The summed E-state index contributed by atoms with van der Waals surface area (Å²) in [5.41, 5.74) is 2.98. The Bertz CT molecular complexity index is 853. The van der Waals surface area contributed by atoms with Crippen molar-refractivity contribution in [2.45, 2.75) is 6.61 Å². The Morgan fingerprint density at radius 3 is 2.39 bits per heavy atom. The lowest BCUT2D eigenvalue weighted by Crippen LogP contribution is -1.97. The van der Waals surface area contributed by atoms with Crippen molar-refractivity contribution in [1.29, 1.82) is 5.26 Å². The molecule has 0 N–H and O–H groups in total. The van der Waals surface area contributed by atoms with Crippen LogP contribution in [-0.2, 0) is 6.61 Å². The maximum Gasteiger partial charge on any atom is 0.137 e. The van der Waals surface area contributed by atoms with Crippen molar-refractivity contribution in [3.8, 4) is 22.9 Å². The largest absolute Gasteiger partial charge is 0.488 e. The van der Waals surface area contributed by atoms with E-state index in [0.717, 1.165) is 16.7 Å². The van der Waals surface area contributed by atoms with Crippen molar-refractivity contribution in [3.63, 3.8) is 0 Å². The molecule has 0 fully saturated rings. The molecule has 0 aliphatic carbocycles. The number of hydrogen-bond acceptors (Lipinski definition) is 2. The Hall–Kier alpha value is -3.12. The molecule has 2 nitrogen and oxygen atoms in total. The number of benzene rings is 3. The van der Waals surface area contributed by atoms with Crippen molar-refractivity contribution in [2.24, 2.45) is 0 Å². The van der Waals surface area contributed by atoms with Crippen LogP contribution in [0.25, 0.3) is 11.1 Å². The molecule has 3 heteroatoms. The van der Waals surface area contributed by atoms with E-state index in [1.807, 2.05) is 42.5 Å². The van der Waals surface area contributed by atoms with Crippen molar-refractivity contribution in [1.82, 2.24) is 0 Å². The minimum Gasteiger partial charge on any atom is -0.488 e. The van der Waals surface area contributed by atoms with Gasteiger partial charge in [0.15, 0.2) is 0 Å². The third-order valence-electron chi connectivity index (χ3n) is 3.50. The fourth-order valence-electron chi connectivity index (χ4n) is 2.33. The average Bonchev–Trinajstić information content (AvgIpc) is 2.60. The lowest BCUT2D eigenvalue weighted by molar-refractivity contribution is 0.305. The van der Waals surface area contributed by atoms with Crippen LogP contribution in [0.15, 0.2) is 72.8 Å². The normalized spacial score (nSPS) is 10.1. The molecule has 0 saturated carbocycles. The highest BCUT2D eigenvalue weighted by Crippen LogP contribution is 2.27. The number of nitrogens with zero attached hydrogens (tertiary/aromatic N) is 1. The van der Waals surface area contributed by atoms with Gasteiger partial charge < -0.3 is 4.74 Å². The summed E-state index contributed by atoms with van der Waals surface area (Å²) in [5, 5.41) is 9.34. The van der Waals surface area contributed by atoms with E-state index in [1.165, 1.54) is 12.1 Å². The molecule has 0 aliphatic heterocycles. The lowest BCUT2D eigenvalue weighted by Gasteiger charge is -2.10. The van der Waals surface area contributed by atoms with Crippen LogP contribution < -0.4 is 4.74 Å². The first-order valence-corrected chi connectivity index (χ1v) is 7.23. The van der Waals surface area contributed by atoms with Crippen LogP contribution in [0, 0.1) is 17.1 Å². The number of hydrogen-bond donors (Lipinski definition) is 0. The fraction of sp³-hybridized carbons (Fsp3) is 0.0500. The van der Waals surface area contributed by atoms with Crippen LogP contribution in [0.2, 0.25) is 0 Å². The topological polar surface area (TPSA) is 33.0 Å². The Morgan fingerprint density at radius 1 is 0.870 bits per heavy atom. The summed E-state index contributed by atoms with van der Waals surface area (Å²) < 4.78 is 19.1. The van der Waals surface area contributed by atoms with Crippen LogP contribution in [0.3, 0.4) is 0 Å². The number of halogens is 1. The van der Waals surface area contributed by atoms with E-state index in [0.29, 0.717) is 17.9 Å². The predicted octanol–water partition coefficient (Wildman–Crippen LogP) is 4.94. The van der Waals surface area contributed by atoms with Gasteiger partial charge in [-0.3, -0.25) is 0 Å². The third-order valence-corrected chi connectivity index (χ3v) is 3.50. The monoisotopic (exact) mass is 303 g/mol. The van der Waals surface area contributed by atoms with Gasteiger partial charge in [0.05, 0.1) is 5.56 Å². The predicted molar refractivity (Wildman–Crippen MR) is 87.3 cm³/mol. The summed E-state index contributed by atoms with van der Waals surface area (Å²) in [6, 6.07) is 23.5. The van der Waals surface area contributed by atoms with E-state index in [1.54, 1.807) is 18.2 Å². The van der Waals surface area contributed by atoms with Gasteiger partial charge in [-0.2, -0.15) is 5.26 Å². The number of ether oxygens (including phenoxy) is 1. The molecule has 0 radical (unpaired) electrons. The van der Waals surface area contributed by atoms with E-state index < -0.39 is 0 Å². The molecule has 0 heterocycles. The first-order valence-electron chi connectivity index (χ1n) is 7.23. The quantitative estimate of drug-likeness (QED) is 0.683. The molecule has 0 aliphatic rings. The SMILES string of the molecule is N#Cc1cc(-c2cccc(F)c2)ccc1OCc1ccccc1. The Labute approximate surface area is 134 Å². The molecule has 0 unspecified atom stereocenters. The Morgan fingerprint density at radius 2 is 1.65 bits per heavy atom. The Kier molecular flexibility index (Phi) is 4.35. The maximum atomic E-state index is 13.3. The van der Waals surface area contributed by atoms with E-state index in [-0.39, 0.29) is 5.82 Å². The zero-order chi connectivity index (χ0) is 16.1. The van der Waals surface area contributed by atoms with Gasteiger partial charge in [0.25, 0.3) is 0 Å². The highest BCUT2D eigenvalue weighted by atomic mass is 19.1. The summed E-state index contributed by atoms with van der Waals surface area (Å²) in [7, 11) is 0. The zero-order valence-electron chi connectivity index (χ0n) is 12.4. The van der Waals surface area contributed by atoms with Gasteiger partial charge in [0.1, 0.15) is 24.2 Å². The number of rotatable bonds is 4. The molecule has 0 spiro atoms. The van der Waals surface area contributed by atoms with Crippen LogP contribution >= 0.6 is 0 Å². The first kappa shape index (κ1) is 14.8. The molecule has 0 bridgehead atoms. The standard InChI is InChI=1S/C20H14FNO/c21-19-8-4-7-16(12-19)17-9-10-20(18(11-17)13-22)23-14-15-5-2-1-3-6-15/h1-12H,14H2. The van der Waals surface area contributed by atoms with Crippen LogP contribution in [0.1, 0.15) is 11.1 Å². The second kappa shape index (κ2) is 6.76. The lowest BCUT2D eigenvalue weighted by atomic mass is 10.0. The highest BCUT2D eigenvalue weighted by Gasteiger charge is 2.07. The maximum absolute atomic E-state index is 13.3. The Balaban J connectivity index is 1.84. The molecule has 0 amide bonds. The second-order valence-corrected chi connectivity index (χ2v) is 5.11. The molecule has 0 saturated heterocycles. The zero-order valence-corrected chi connectivity index (χ0v) is 12.4. The summed E-state index contributed by atoms with van der Waals surface area (Å²) in [5.74, 6) is 0.224. The third kappa shape index (κ3) is 3.56. The van der Waals surface area contributed by atoms with Crippen molar-refractivity contribution < 1.29 is 9.13 Å². The summed E-state index contributed by atoms with van der Waals surface area (Å²) in [6.45, 7) is 0.398. The molecule has 23 heavy (non-hydrogen) atoms. The van der Waals surface area contributed by atoms with E-state index >= 15 is 0 Å². The van der Waals surface area contributed by atoms with E-state index in [4.69, 9.17) is 4.74 Å². The van der Waals surface area contributed by atoms with Gasteiger partial charge in [-0.15, -0.1) is 0 Å². The summed E-state index contributed by atoms with van der Waals surface area (Å²) >= 11 is 0. The van der Waals surface area contributed by atoms with E-state index in [9.17, 15) is 9.65 Å². The second-order valence-electron chi connectivity index (χ2n) is 5.11. The molecular formula is C20H14FNO. The summed E-state index contributed by atoms with van der Waals surface area (Å²) in [6.07, 6.45) is 0. The molecular weight excluding hydrogens is 289 g/mol. The van der Waals surface area contributed by atoms with Crippen molar-refractivity contribution in [3.05, 3.63) is 89.7 Å². The first-order chi connectivity index (χ1) is 11.3. The smallest absolute Gasteiger partial charge is 0.137 e. The highest BCUT2D eigenvalue weighted by molar-refractivity contribution is 5.67. The minimum atomic E-state index is -0.301. The molecule has 0 aromatic heterocycles. The van der Waals surface area contributed by atoms with Crippen LogP contribution in [0.5, 0.6) is 5.75 Å². The van der Waals surface area contributed by atoms with Gasteiger partial charge in [0, 0.05) is 0 Å². The van der Waals surface area contributed by atoms with Gasteiger partial charge in [-0.1, -0.05) is 48.5 Å². The molecule has 3 aromatic rings. The fourth-order valence-corrected chi connectivity index (χ4v) is 2.33. The molecule has 3 rings (SSSR count). The van der Waals surface area contributed by atoms with E-state index in [2.05, 4.69) is 6.07 Å². The van der Waals surface area contributed by atoms with Crippen LogP contribution in [-0.4, -0.2) is 0 Å². The number of nitriles is 1. The minimum absolute atomic E-state index is 0.301. The average molecular weight is 303 g/mol. The van der Waals surface area contributed by atoms with Gasteiger partial charge in [-0.05, 0) is 41.0 Å².